The van der Waals surface area contributed by atoms with Gasteiger partial charge in [0.2, 0.25) is 0 Å². The van der Waals surface area contributed by atoms with Crippen LogP contribution < -0.4 is 5.32 Å². The van der Waals surface area contributed by atoms with Gasteiger partial charge >= 0.3 is 0 Å². The summed E-state index contributed by atoms with van der Waals surface area (Å²) < 4.78 is 3.10. The smallest absolute Gasteiger partial charge is 0.126 e. The largest absolute Gasteiger partial charge is 0.370 e. The van der Waals surface area contributed by atoms with Gasteiger partial charge in [-0.05, 0) is 53.9 Å². The highest BCUT2D eigenvalue weighted by molar-refractivity contribution is 9.10. The number of nitrogens with zero attached hydrogens (tertiary/aromatic N) is 3. The van der Waals surface area contributed by atoms with E-state index in [2.05, 4.69) is 51.2 Å². The van der Waals surface area contributed by atoms with Crippen LogP contribution in [0, 0.1) is 13.8 Å². The maximum Gasteiger partial charge on any atom is 0.126 e. The molecule has 4 nitrogen and oxygen atoms in total. The zero-order valence-corrected chi connectivity index (χ0v) is 13.2. The summed E-state index contributed by atoms with van der Waals surface area (Å²) in [5.74, 6) is 0.931. The molecule has 0 bridgehead atoms. The van der Waals surface area contributed by atoms with E-state index >= 15 is 0 Å². The normalized spacial score (nSPS) is 10.7. The molecule has 0 aliphatic rings. The molecule has 0 unspecified atom stereocenters. The number of rotatable bonds is 5. The lowest BCUT2D eigenvalue weighted by atomic mass is 10.2. The Morgan fingerprint density at radius 2 is 2.16 bits per heavy atom. The number of halogens is 1. The van der Waals surface area contributed by atoms with E-state index in [1.54, 1.807) is 0 Å². The number of hydrogen-bond donors (Lipinski definition) is 1. The Morgan fingerprint density at radius 3 is 2.79 bits per heavy atom. The molecule has 2 heterocycles. The van der Waals surface area contributed by atoms with Gasteiger partial charge in [0.05, 0.1) is 22.4 Å². The molecule has 0 saturated heterocycles. The number of aromatic nitrogens is 3. The van der Waals surface area contributed by atoms with Crippen LogP contribution in [-0.4, -0.2) is 21.3 Å². The van der Waals surface area contributed by atoms with E-state index in [1.165, 1.54) is 5.56 Å². The summed E-state index contributed by atoms with van der Waals surface area (Å²) in [5, 5.41) is 7.83. The van der Waals surface area contributed by atoms with Crippen molar-refractivity contribution in [2.45, 2.75) is 33.7 Å². The lowest BCUT2D eigenvalue weighted by Gasteiger charge is -2.08. The van der Waals surface area contributed by atoms with Crippen LogP contribution in [0.5, 0.6) is 0 Å². The van der Waals surface area contributed by atoms with Crippen molar-refractivity contribution in [3.63, 3.8) is 0 Å². The topological polar surface area (TPSA) is 42.7 Å². The molecule has 0 aliphatic heterocycles. The van der Waals surface area contributed by atoms with Gasteiger partial charge in [-0.1, -0.05) is 6.92 Å². The van der Waals surface area contributed by atoms with E-state index in [-0.39, 0.29) is 0 Å². The Balaban J connectivity index is 2.16. The highest BCUT2D eigenvalue weighted by Gasteiger charge is 2.09. The van der Waals surface area contributed by atoms with Crippen LogP contribution in [0.25, 0.3) is 0 Å². The summed E-state index contributed by atoms with van der Waals surface area (Å²) >= 11 is 3.55. The van der Waals surface area contributed by atoms with Crippen LogP contribution in [0.2, 0.25) is 0 Å². The Bertz CT molecular complexity index is 563. The van der Waals surface area contributed by atoms with Gasteiger partial charge in [-0.2, -0.15) is 5.10 Å². The van der Waals surface area contributed by atoms with E-state index in [1.807, 2.05) is 23.9 Å². The molecular weight excluding hydrogens is 304 g/mol. The quantitative estimate of drug-likeness (QED) is 0.915. The lowest BCUT2D eigenvalue weighted by Crippen LogP contribution is -2.06. The molecule has 0 atom stereocenters. The summed E-state index contributed by atoms with van der Waals surface area (Å²) in [5.41, 5.74) is 3.37. The molecule has 0 aliphatic carbocycles. The first kappa shape index (κ1) is 14.1. The minimum atomic E-state index is 0.765. The second kappa shape index (κ2) is 6.19. The molecule has 0 fully saturated rings. The number of nitrogens with one attached hydrogen (secondary N) is 1. The summed E-state index contributed by atoms with van der Waals surface area (Å²) in [6, 6.07) is 4.11. The van der Waals surface area contributed by atoms with Crippen LogP contribution in [0.15, 0.2) is 22.8 Å². The van der Waals surface area contributed by atoms with Gasteiger partial charge in [-0.25, -0.2) is 4.98 Å². The molecule has 0 saturated carbocycles. The molecule has 2 rings (SSSR count). The van der Waals surface area contributed by atoms with Crippen molar-refractivity contribution in [2.24, 2.45) is 0 Å². The third-order valence-corrected chi connectivity index (χ3v) is 4.15. The first-order valence-electron chi connectivity index (χ1n) is 6.50. The molecule has 19 heavy (non-hydrogen) atoms. The molecular formula is C14H19BrN4. The SMILES string of the molecule is CCCNc1cc(Cn2nc(C)c(Br)c2C)ccn1. The third kappa shape index (κ3) is 3.35. The van der Waals surface area contributed by atoms with Gasteiger partial charge in [0.1, 0.15) is 5.82 Å². The fourth-order valence-electron chi connectivity index (χ4n) is 1.92. The van der Waals surface area contributed by atoms with Crippen LogP contribution in [0.3, 0.4) is 0 Å². The lowest BCUT2D eigenvalue weighted by molar-refractivity contribution is 0.658. The fourth-order valence-corrected chi connectivity index (χ4v) is 2.21. The summed E-state index contributed by atoms with van der Waals surface area (Å²) in [4.78, 5) is 4.31. The minimum absolute atomic E-state index is 0.765. The Labute approximate surface area is 122 Å². The molecule has 0 amide bonds. The molecule has 2 aromatic heterocycles. The van der Waals surface area contributed by atoms with E-state index in [4.69, 9.17) is 0 Å². The zero-order chi connectivity index (χ0) is 13.8. The van der Waals surface area contributed by atoms with Crippen LogP contribution in [0.4, 0.5) is 5.82 Å². The summed E-state index contributed by atoms with van der Waals surface area (Å²) in [7, 11) is 0. The number of pyridine rings is 1. The molecule has 102 valence electrons. The predicted molar refractivity (Wildman–Crippen MR) is 81.5 cm³/mol. The maximum absolute atomic E-state index is 4.53. The highest BCUT2D eigenvalue weighted by Crippen LogP contribution is 2.20. The van der Waals surface area contributed by atoms with Gasteiger partial charge in [0.25, 0.3) is 0 Å². The molecule has 1 N–H and O–H groups in total. The van der Waals surface area contributed by atoms with Crippen molar-refractivity contribution < 1.29 is 0 Å². The van der Waals surface area contributed by atoms with Gasteiger partial charge in [0, 0.05) is 12.7 Å². The summed E-state index contributed by atoms with van der Waals surface area (Å²) in [6.07, 6.45) is 2.93. The zero-order valence-electron chi connectivity index (χ0n) is 11.6. The average molecular weight is 323 g/mol. The van der Waals surface area contributed by atoms with Crippen LogP contribution in [0.1, 0.15) is 30.3 Å². The van der Waals surface area contributed by atoms with Crippen molar-refractivity contribution in [1.82, 2.24) is 14.8 Å². The van der Waals surface area contributed by atoms with E-state index in [0.717, 1.165) is 41.2 Å². The monoisotopic (exact) mass is 322 g/mol. The third-order valence-electron chi connectivity index (χ3n) is 3.01. The molecule has 2 aromatic rings. The second-order valence-corrected chi connectivity index (χ2v) is 5.41. The predicted octanol–water partition coefficient (Wildman–Crippen LogP) is 3.53. The van der Waals surface area contributed by atoms with Crippen molar-refractivity contribution in [3.8, 4) is 0 Å². The Hall–Kier alpha value is -1.36. The van der Waals surface area contributed by atoms with Gasteiger partial charge in [0.15, 0.2) is 0 Å². The first-order chi connectivity index (χ1) is 9.11. The number of aryl methyl sites for hydroxylation is 1. The van der Waals surface area contributed by atoms with Gasteiger partial charge in [-0.3, -0.25) is 4.68 Å². The van der Waals surface area contributed by atoms with Crippen molar-refractivity contribution in [1.29, 1.82) is 0 Å². The van der Waals surface area contributed by atoms with Crippen molar-refractivity contribution >= 4 is 21.7 Å². The fraction of sp³-hybridized carbons (Fsp3) is 0.429. The Morgan fingerprint density at radius 1 is 1.37 bits per heavy atom. The number of hydrogen-bond acceptors (Lipinski definition) is 3. The first-order valence-corrected chi connectivity index (χ1v) is 7.29. The van der Waals surface area contributed by atoms with E-state index < -0.39 is 0 Å². The second-order valence-electron chi connectivity index (χ2n) is 4.62. The standard InChI is InChI=1S/C14H19BrN4/c1-4-6-16-13-8-12(5-7-17-13)9-19-11(3)14(15)10(2)18-19/h5,7-8H,4,6,9H2,1-3H3,(H,16,17). The van der Waals surface area contributed by atoms with Crippen LogP contribution in [-0.2, 0) is 6.54 Å². The van der Waals surface area contributed by atoms with Gasteiger partial charge < -0.3 is 5.32 Å². The molecule has 0 aromatic carbocycles. The van der Waals surface area contributed by atoms with Crippen LogP contribution >= 0.6 is 15.9 Å². The molecule has 5 heteroatoms. The minimum Gasteiger partial charge on any atom is -0.370 e. The molecule has 0 spiro atoms. The maximum atomic E-state index is 4.53. The number of anilines is 1. The van der Waals surface area contributed by atoms with Crippen molar-refractivity contribution in [3.05, 3.63) is 39.8 Å². The summed E-state index contributed by atoms with van der Waals surface area (Å²) in [6.45, 7) is 7.93. The average Bonchev–Trinajstić information content (AvgIpc) is 2.64. The van der Waals surface area contributed by atoms with Crippen molar-refractivity contribution in [2.75, 3.05) is 11.9 Å². The molecule has 0 radical (unpaired) electrons. The van der Waals surface area contributed by atoms with E-state index in [0.29, 0.717) is 0 Å². The highest BCUT2D eigenvalue weighted by atomic mass is 79.9. The Kier molecular flexibility index (Phi) is 4.58. The van der Waals surface area contributed by atoms with Gasteiger partial charge in [-0.15, -0.1) is 0 Å². The van der Waals surface area contributed by atoms with E-state index in [9.17, 15) is 0 Å².